The van der Waals surface area contributed by atoms with Gasteiger partial charge in [0.25, 0.3) is 5.91 Å². The highest BCUT2D eigenvalue weighted by Crippen LogP contribution is 2.23. The molecule has 1 fully saturated rings. The van der Waals surface area contributed by atoms with E-state index in [9.17, 15) is 14.4 Å². The van der Waals surface area contributed by atoms with Gasteiger partial charge < -0.3 is 15.5 Å². The smallest absolute Gasteiger partial charge is 0.313 e. The molecular formula is C23H26BrN3O3. The van der Waals surface area contributed by atoms with Crippen LogP contribution in [0.4, 0.5) is 5.69 Å². The van der Waals surface area contributed by atoms with Gasteiger partial charge in [0.15, 0.2) is 0 Å². The molecule has 0 unspecified atom stereocenters. The molecule has 3 rings (SSSR count). The van der Waals surface area contributed by atoms with Gasteiger partial charge in [0.05, 0.1) is 0 Å². The second kappa shape index (κ2) is 10.9. The normalized spacial score (nSPS) is 15.6. The molecule has 7 heteroatoms. The molecule has 2 aromatic carbocycles. The molecule has 0 aliphatic carbocycles. The highest BCUT2D eigenvalue weighted by atomic mass is 79.9. The van der Waals surface area contributed by atoms with Crippen LogP contribution in [0, 0.1) is 5.92 Å². The molecule has 1 heterocycles. The van der Waals surface area contributed by atoms with Crippen molar-refractivity contribution in [3.8, 4) is 0 Å². The first kappa shape index (κ1) is 22.0. The van der Waals surface area contributed by atoms with E-state index in [4.69, 9.17) is 0 Å². The van der Waals surface area contributed by atoms with Gasteiger partial charge in [-0.05, 0) is 61.6 Å². The Kier molecular flexibility index (Phi) is 8.02. The van der Waals surface area contributed by atoms with Crippen molar-refractivity contribution >= 4 is 39.3 Å². The van der Waals surface area contributed by atoms with Crippen LogP contribution in [0.3, 0.4) is 0 Å². The Morgan fingerprint density at radius 1 is 0.967 bits per heavy atom. The Labute approximate surface area is 185 Å². The summed E-state index contributed by atoms with van der Waals surface area (Å²) in [5.74, 6) is -0.701. The summed E-state index contributed by atoms with van der Waals surface area (Å²) >= 11 is 3.39. The molecule has 3 amide bonds. The van der Waals surface area contributed by atoms with Crippen LogP contribution in [0.1, 0.15) is 36.0 Å². The van der Waals surface area contributed by atoms with Crippen LogP contribution >= 0.6 is 15.9 Å². The Hall–Kier alpha value is -2.67. The molecule has 1 atom stereocenters. The highest BCUT2D eigenvalue weighted by molar-refractivity contribution is 9.10. The van der Waals surface area contributed by atoms with Gasteiger partial charge in [0.2, 0.25) is 0 Å². The molecule has 0 radical (unpaired) electrons. The number of amides is 3. The van der Waals surface area contributed by atoms with Crippen molar-refractivity contribution in [2.45, 2.75) is 25.7 Å². The lowest BCUT2D eigenvalue weighted by Crippen LogP contribution is -2.35. The number of halogens is 1. The van der Waals surface area contributed by atoms with E-state index in [1.165, 1.54) is 0 Å². The topological polar surface area (TPSA) is 78.5 Å². The number of carbonyl (C=O) groups excluding carboxylic acids is 3. The van der Waals surface area contributed by atoms with Gasteiger partial charge in [0, 0.05) is 35.4 Å². The SMILES string of the molecule is O=C(NCCCC[C@H]1CCN(C(=O)c2ccc(Br)cc2)C1)C(=O)Nc1ccccc1. The molecule has 30 heavy (non-hydrogen) atoms. The Morgan fingerprint density at radius 2 is 1.70 bits per heavy atom. The first-order valence-electron chi connectivity index (χ1n) is 10.2. The number of hydrogen-bond donors (Lipinski definition) is 2. The van der Waals surface area contributed by atoms with Gasteiger partial charge in [0.1, 0.15) is 0 Å². The molecule has 1 aliphatic rings. The third kappa shape index (κ3) is 6.42. The summed E-state index contributed by atoms with van der Waals surface area (Å²) in [4.78, 5) is 38.2. The van der Waals surface area contributed by atoms with Crippen molar-refractivity contribution in [2.75, 3.05) is 25.0 Å². The first-order chi connectivity index (χ1) is 14.5. The number of nitrogens with one attached hydrogen (secondary N) is 2. The fraction of sp³-hybridized carbons (Fsp3) is 0.348. The van der Waals surface area contributed by atoms with Crippen molar-refractivity contribution in [3.63, 3.8) is 0 Å². The summed E-state index contributed by atoms with van der Waals surface area (Å²) in [7, 11) is 0. The summed E-state index contributed by atoms with van der Waals surface area (Å²) in [6.07, 6.45) is 3.78. The number of hydrogen-bond acceptors (Lipinski definition) is 3. The van der Waals surface area contributed by atoms with Gasteiger partial charge >= 0.3 is 11.8 Å². The lowest BCUT2D eigenvalue weighted by atomic mass is 10.0. The van der Waals surface area contributed by atoms with E-state index < -0.39 is 11.8 Å². The quantitative estimate of drug-likeness (QED) is 0.475. The summed E-state index contributed by atoms with van der Waals surface area (Å²) in [5.41, 5.74) is 1.32. The van der Waals surface area contributed by atoms with Crippen molar-refractivity contribution < 1.29 is 14.4 Å². The zero-order chi connectivity index (χ0) is 21.3. The number of rotatable bonds is 7. The first-order valence-corrected chi connectivity index (χ1v) is 11.0. The van der Waals surface area contributed by atoms with Crippen molar-refractivity contribution in [3.05, 3.63) is 64.6 Å². The van der Waals surface area contributed by atoms with Gasteiger partial charge in [-0.2, -0.15) is 0 Å². The molecule has 0 bridgehead atoms. The van der Waals surface area contributed by atoms with Gasteiger partial charge in [-0.25, -0.2) is 0 Å². The lowest BCUT2D eigenvalue weighted by Gasteiger charge is -2.16. The third-order valence-corrected chi connectivity index (χ3v) is 5.76. The number of para-hydroxylation sites is 1. The fourth-order valence-corrected chi connectivity index (χ4v) is 3.84. The van der Waals surface area contributed by atoms with E-state index in [-0.39, 0.29) is 5.91 Å². The Bertz CT molecular complexity index is 871. The average molecular weight is 472 g/mol. The second-order valence-corrected chi connectivity index (χ2v) is 8.40. The molecule has 158 valence electrons. The molecule has 2 N–H and O–H groups in total. The third-order valence-electron chi connectivity index (χ3n) is 5.23. The van der Waals surface area contributed by atoms with Gasteiger partial charge in [-0.3, -0.25) is 14.4 Å². The van der Waals surface area contributed by atoms with Crippen molar-refractivity contribution in [1.29, 1.82) is 0 Å². The summed E-state index contributed by atoms with van der Waals surface area (Å²) in [6, 6.07) is 16.4. The van der Waals surface area contributed by atoms with E-state index in [1.54, 1.807) is 24.3 Å². The molecule has 0 saturated carbocycles. The molecule has 0 aromatic heterocycles. The molecule has 1 saturated heterocycles. The lowest BCUT2D eigenvalue weighted by molar-refractivity contribution is -0.136. The van der Waals surface area contributed by atoms with E-state index in [0.29, 0.717) is 18.2 Å². The zero-order valence-electron chi connectivity index (χ0n) is 16.8. The predicted octanol–water partition coefficient (Wildman–Crippen LogP) is 3.84. The number of unbranched alkanes of at least 4 members (excludes halogenated alkanes) is 1. The molecule has 0 spiro atoms. The summed E-state index contributed by atoms with van der Waals surface area (Å²) in [5, 5.41) is 5.23. The largest absolute Gasteiger partial charge is 0.348 e. The maximum atomic E-state index is 12.6. The van der Waals surface area contributed by atoms with E-state index >= 15 is 0 Å². The van der Waals surface area contributed by atoms with Gasteiger partial charge in [-0.1, -0.05) is 40.5 Å². The maximum Gasteiger partial charge on any atom is 0.313 e. The van der Waals surface area contributed by atoms with Crippen LogP contribution in [0.5, 0.6) is 0 Å². The number of carbonyl (C=O) groups is 3. The van der Waals surface area contributed by atoms with Crippen molar-refractivity contribution in [2.24, 2.45) is 5.92 Å². The Morgan fingerprint density at radius 3 is 2.43 bits per heavy atom. The monoisotopic (exact) mass is 471 g/mol. The number of likely N-dealkylation sites (tertiary alicyclic amines) is 1. The molecule has 6 nitrogen and oxygen atoms in total. The number of anilines is 1. The van der Waals surface area contributed by atoms with Crippen LogP contribution < -0.4 is 10.6 Å². The minimum absolute atomic E-state index is 0.0849. The standard InChI is InChI=1S/C23H26BrN3O3/c24-19-11-9-18(10-12-19)23(30)27-15-13-17(16-27)6-4-5-14-25-21(28)22(29)26-20-7-2-1-3-8-20/h1-3,7-12,17H,4-6,13-16H2,(H,25,28)(H,26,29)/t17-/m0/s1. The molecule has 2 aromatic rings. The van der Waals surface area contributed by atoms with Crippen LogP contribution in [-0.4, -0.2) is 42.3 Å². The highest BCUT2D eigenvalue weighted by Gasteiger charge is 2.26. The van der Waals surface area contributed by atoms with Crippen LogP contribution in [0.15, 0.2) is 59.1 Å². The average Bonchev–Trinajstić information content (AvgIpc) is 3.23. The van der Waals surface area contributed by atoms with Crippen LogP contribution in [0.25, 0.3) is 0 Å². The second-order valence-electron chi connectivity index (χ2n) is 7.48. The summed E-state index contributed by atoms with van der Waals surface area (Å²) < 4.78 is 0.961. The molecular weight excluding hydrogens is 446 g/mol. The maximum absolute atomic E-state index is 12.6. The van der Waals surface area contributed by atoms with Crippen LogP contribution in [0.2, 0.25) is 0 Å². The Balaban J connectivity index is 1.30. The zero-order valence-corrected chi connectivity index (χ0v) is 18.4. The number of nitrogens with zero attached hydrogens (tertiary/aromatic N) is 1. The molecule has 1 aliphatic heterocycles. The van der Waals surface area contributed by atoms with Crippen LogP contribution in [-0.2, 0) is 9.59 Å². The predicted molar refractivity (Wildman–Crippen MR) is 120 cm³/mol. The minimum Gasteiger partial charge on any atom is -0.348 e. The fourth-order valence-electron chi connectivity index (χ4n) is 3.58. The van der Waals surface area contributed by atoms with Crippen molar-refractivity contribution in [1.82, 2.24) is 10.2 Å². The summed E-state index contributed by atoms with van der Waals surface area (Å²) in [6.45, 7) is 2.03. The van der Waals surface area contributed by atoms with E-state index in [2.05, 4.69) is 26.6 Å². The minimum atomic E-state index is -0.654. The number of benzene rings is 2. The van der Waals surface area contributed by atoms with E-state index in [0.717, 1.165) is 48.8 Å². The van der Waals surface area contributed by atoms with E-state index in [1.807, 2.05) is 35.2 Å². The van der Waals surface area contributed by atoms with Gasteiger partial charge in [-0.15, -0.1) is 0 Å².